The summed E-state index contributed by atoms with van der Waals surface area (Å²) in [6.07, 6.45) is -0.978. The fourth-order valence-corrected chi connectivity index (χ4v) is 1.22. The second kappa shape index (κ2) is 3.77. The minimum atomic E-state index is -0.978. The average Bonchev–Trinajstić information content (AvgIpc) is 2.08. The van der Waals surface area contributed by atoms with Crippen molar-refractivity contribution in [2.24, 2.45) is 5.73 Å². The number of aliphatic hydroxyl groups excluding tert-OH is 1. The molecule has 0 aliphatic carbocycles. The van der Waals surface area contributed by atoms with E-state index < -0.39 is 6.23 Å². The average molecular weight is 181 g/mol. The van der Waals surface area contributed by atoms with Crippen LogP contribution in [0.2, 0.25) is 0 Å². The van der Waals surface area contributed by atoms with Crippen LogP contribution < -0.4 is 10.5 Å². The van der Waals surface area contributed by atoms with Gasteiger partial charge in [-0.1, -0.05) is 0 Å². The lowest BCUT2D eigenvalue weighted by atomic mass is 10.0. The van der Waals surface area contributed by atoms with E-state index in [1.54, 1.807) is 7.11 Å². The van der Waals surface area contributed by atoms with E-state index in [2.05, 4.69) is 0 Å². The van der Waals surface area contributed by atoms with Crippen LogP contribution in [0.1, 0.15) is 22.9 Å². The van der Waals surface area contributed by atoms with E-state index in [-0.39, 0.29) is 0 Å². The SMILES string of the molecule is COc1cc(C)c(C)cc1C(N)O. The maximum absolute atomic E-state index is 9.25. The molecule has 0 saturated heterocycles. The maximum Gasteiger partial charge on any atom is 0.132 e. The first kappa shape index (κ1) is 10.0. The Labute approximate surface area is 78.1 Å². The lowest BCUT2D eigenvalue weighted by molar-refractivity contribution is 0.181. The number of hydrogen-bond acceptors (Lipinski definition) is 3. The van der Waals surface area contributed by atoms with Crippen LogP contribution in [0.3, 0.4) is 0 Å². The molecular weight excluding hydrogens is 166 g/mol. The van der Waals surface area contributed by atoms with Gasteiger partial charge in [-0.05, 0) is 37.1 Å². The Balaban J connectivity index is 3.25. The van der Waals surface area contributed by atoms with Gasteiger partial charge in [-0.15, -0.1) is 0 Å². The lowest BCUT2D eigenvalue weighted by Gasteiger charge is -2.13. The quantitative estimate of drug-likeness (QED) is 0.675. The molecule has 0 radical (unpaired) electrons. The Hall–Kier alpha value is -1.06. The van der Waals surface area contributed by atoms with Gasteiger partial charge in [0.1, 0.15) is 12.0 Å². The summed E-state index contributed by atoms with van der Waals surface area (Å²) in [5, 5.41) is 9.25. The fraction of sp³-hybridized carbons (Fsp3) is 0.400. The number of benzene rings is 1. The summed E-state index contributed by atoms with van der Waals surface area (Å²) in [5.41, 5.74) is 8.24. The molecule has 1 aromatic rings. The number of aliphatic hydroxyl groups is 1. The van der Waals surface area contributed by atoms with Crippen molar-refractivity contribution in [2.45, 2.75) is 20.1 Å². The van der Waals surface area contributed by atoms with Crippen LogP contribution in [0, 0.1) is 13.8 Å². The molecule has 0 amide bonds. The Kier molecular flexibility index (Phi) is 2.90. The van der Waals surface area contributed by atoms with E-state index in [0.717, 1.165) is 11.1 Å². The highest BCUT2D eigenvalue weighted by atomic mass is 16.5. The van der Waals surface area contributed by atoms with E-state index in [9.17, 15) is 5.11 Å². The zero-order valence-corrected chi connectivity index (χ0v) is 8.16. The zero-order valence-electron chi connectivity index (χ0n) is 8.16. The van der Waals surface area contributed by atoms with Crippen molar-refractivity contribution in [1.29, 1.82) is 0 Å². The first-order valence-electron chi connectivity index (χ1n) is 4.15. The van der Waals surface area contributed by atoms with Gasteiger partial charge in [-0.3, -0.25) is 0 Å². The molecule has 3 heteroatoms. The Morgan fingerprint density at radius 1 is 1.31 bits per heavy atom. The molecule has 72 valence electrons. The lowest BCUT2D eigenvalue weighted by Crippen LogP contribution is -2.10. The highest BCUT2D eigenvalue weighted by Gasteiger charge is 2.10. The molecule has 0 aliphatic rings. The molecule has 0 spiro atoms. The predicted molar refractivity (Wildman–Crippen MR) is 51.6 cm³/mol. The third kappa shape index (κ3) is 1.99. The molecule has 1 aromatic carbocycles. The van der Waals surface area contributed by atoms with E-state index >= 15 is 0 Å². The van der Waals surface area contributed by atoms with Gasteiger partial charge >= 0.3 is 0 Å². The van der Waals surface area contributed by atoms with Crippen LogP contribution >= 0.6 is 0 Å². The number of ether oxygens (including phenoxy) is 1. The number of aryl methyl sites for hydroxylation is 2. The fourth-order valence-electron chi connectivity index (χ4n) is 1.22. The molecule has 1 atom stereocenters. The van der Waals surface area contributed by atoms with Crippen molar-refractivity contribution < 1.29 is 9.84 Å². The summed E-state index contributed by atoms with van der Waals surface area (Å²) in [4.78, 5) is 0. The normalized spacial score (nSPS) is 12.7. The highest BCUT2D eigenvalue weighted by molar-refractivity contribution is 5.42. The number of hydrogen-bond donors (Lipinski definition) is 2. The van der Waals surface area contributed by atoms with E-state index in [1.165, 1.54) is 0 Å². The Bertz CT molecular complexity index is 308. The molecule has 13 heavy (non-hydrogen) atoms. The minimum Gasteiger partial charge on any atom is -0.496 e. The third-order valence-electron chi connectivity index (χ3n) is 2.16. The van der Waals surface area contributed by atoms with Crippen LogP contribution in [0.5, 0.6) is 5.75 Å². The summed E-state index contributed by atoms with van der Waals surface area (Å²) in [6.45, 7) is 3.96. The molecule has 1 rings (SSSR count). The van der Waals surface area contributed by atoms with Crippen molar-refractivity contribution in [3.8, 4) is 5.75 Å². The van der Waals surface area contributed by atoms with E-state index in [0.29, 0.717) is 11.3 Å². The molecule has 0 saturated carbocycles. The minimum absolute atomic E-state index is 0.630. The van der Waals surface area contributed by atoms with Gasteiger partial charge in [0.25, 0.3) is 0 Å². The predicted octanol–water partition coefficient (Wildman–Crippen LogP) is 1.26. The van der Waals surface area contributed by atoms with Crippen LogP contribution in [0.25, 0.3) is 0 Å². The topological polar surface area (TPSA) is 55.5 Å². The Morgan fingerprint density at radius 2 is 1.85 bits per heavy atom. The summed E-state index contributed by atoms with van der Waals surface area (Å²) >= 11 is 0. The molecule has 0 bridgehead atoms. The standard InChI is InChI=1S/C10H15NO2/c1-6-4-8(10(11)12)9(13-3)5-7(6)2/h4-5,10,12H,11H2,1-3H3. The molecule has 3 N–H and O–H groups in total. The molecular formula is C10H15NO2. The second-order valence-corrected chi connectivity index (χ2v) is 3.12. The van der Waals surface area contributed by atoms with Gasteiger partial charge in [-0.25, -0.2) is 0 Å². The first-order chi connectivity index (χ1) is 6.06. The molecule has 3 nitrogen and oxygen atoms in total. The first-order valence-corrected chi connectivity index (χ1v) is 4.15. The zero-order chi connectivity index (χ0) is 10.0. The van der Waals surface area contributed by atoms with Gasteiger partial charge in [0, 0.05) is 5.56 Å². The molecule has 0 aromatic heterocycles. The third-order valence-corrected chi connectivity index (χ3v) is 2.16. The van der Waals surface area contributed by atoms with Crippen LogP contribution in [-0.2, 0) is 0 Å². The van der Waals surface area contributed by atoms with Crippen LogP contribution in [0.15, 0.2) is 12.1 Å². The van der Waals surface area contributed by atoms with Crippen molar-refractivity contribution in [3.05, 3.63) is 28.8 Å². The summed E-state index contributed by atoms with van der Waals surface area (Å²) in [7, 11) is 1.57. The summed E-state index contributed by atoms with van der Waals surface area (Å²) in [5.74, 6) is 0.637. The van der Waals surface area contributed by atoms with Crippen molar-refractivity contribution in [2.75, 3.05) is 7.11 Å². The van der Waals surface area contributed by atoms with Crippen molar-refractivity contribution >= 4 is 0 Å². The molecule has 0 heterocycles. The van der Waals surface area contributed by atoms with E-state index in [4.69, 9.17) is 10.5 Å². The molecule has 1 unspecified atom stereocenters. The van der Waals surface area contributed by atoms with Gasteiger partial charge in [0.15, 0.2) is 0 Å². The Morgan fingerprint density at radius 3 is 2.31 bits per heavy atom. The smallest absolute Gasteiger partial charge is 0.132 e. The summed E-state index contributed by atoms with van der Waals surface area (Å²) < 4.78 is 5.10. The summed E-state index contributed by atoms with van der Waals surface area (Å²) in [6, 6.07) is 3.72. The largest absolute Gasteiger partial charge is 0.496 e. The van der Waals surface area contributed by atoms with Gasteiger partial charge < -0.3 is 15.6 Å². The van der Waals surface area contributed by atoms with Gasteiger partial charge in [0.2, 0.25) is 0 Å². The monoisotopic (exact) mass is 181 g/mol. The van der Waals surface area contributed by atoms with Gasteiger partial charge in [0.05, 0.1) is 7.11 Å². The number of rotatable bonds is 2. The second-order valence-electron chi connectivity index (χ2n) is 3.12. The van der Waals surface area contributed by atoms with Gasteiger partial charge in [-0.2, -0.15) is 0 Å². The van der Waals surface area contributed by atoms with Crippen LogP contribution in [0.4, 0.5) is 0 Å². The van der Waals surface area contributed by atoms with Crippen molar-refractivity contribution in [3.63, 3.8) is 0 Å². The maximum atomic E-state index is 9.25. The number of nitrogens with two attached hydrogens (primary N) is 1. The number of methoxy groups -OCH3 is 1. The molecule has 0 aliphatic heterocycles. The van der Waals surface area contributed by atoms with Crippen LogP contribution in [-0.4, -0.2) is 12.2 Å². The molecule has 0 fully saturated rings. The van der Waals surface area contributed by atoms with Crippen molar-refractivity contribution in [1.82, 2.24) is 0 Å². The van der Waals surface area contributed by atoms with E-state index in [1.807, 2.05) is 26.0 Å². The highest BCUT2D eigenvalue weighted by Crippen LogP contribution is 2.25.